The fourth-order valence-corrected chi connectivity index (χ4v) is 4.41. The smallest absolute Gasteiger partial charge is 0.255 e. The fraction of sp³-hybridized carbons (Fsp3) is 0.345. The molecule has 1 amide bonds. The van der Waals surface area contributed by atoms with E-state index in [0.717, 1.165) is 42.6 Å². The number of carbonyl (C=O) groups is 1. The van der Waals surface area contributed by atoms with Crippen LogP contribution in [0.25, 0.3) is 16.8 Å². The van der Waals surface area contributed by atoms with Crippen molar-refractivity contribution in [3.63, 3.8) is 0 Å². The van der Waals surface area contributed by atoms with Crippen LogP contribution in [0, 0.1) is 5.82 Å². The number of carbonyl (C=O) groups excluding carboxylic acids is 1. The zero-order valence-corrected chi connectivity index (χ0v) is 21.5. The van der Waals surface area contributed by atoms with Gasteiger partial charge in [-0.05, 0) is 41.3 Å². The zero-order chi connectivity index (χ0) is 26.0. The number of ether oxygens (including phenoxy) is 2. The van der Waals surface area contributed by atoms with Crippen molar-refractivity contribution in [2.24, 2.45) is 0 Å². The normalized spacial score (nSPS) is 16.4. The molecule has 2 aliphatic rings. The molecule has 0 saturated carbocycles. The van der Waals surface area contributed by atoms with E-state index >= 15 is 0 Å². The van der Waals surface area contributed by atoms with E-state index in [0.29, 0.717) is 37.7 Å². The summed E-state index contributed by atoms with van der Waals surface area (Å²) < 4.78 is 25.1. The highest BCUT2D eigenvalue weighted by atomic mass is 19.1. The molecule has 8 heteroatoms. The van der Waals surface area contributed by atoms with Gasteiger partial charge in [-0.3, -0.25) is 4.79 Å². The van der Waals surface area contributed by atoms with Gasteiger partial charge in [0.1, 0.15) is 5.82 Å². The molecule has 0 atom stereocenters. The number of halogens is 1. The predicted molar refractivity (Wildman–Crippen MR) is 147 cm³/mol. The zero-order valence-electron chi connectivity index (χ0n) is 21.5. The summed E-state index contributed by atoms with van der Waals surface area (Å²) in [5, 5.41) is 7.02. The maximum absolute atomic E-state index is 14.4. The minimum atomic E-state index is -0.433. The molecule has 3 aromatic carbocycles. The SMILES string of the molecule is CC.O=C(Nc1ccc(/C=C/NN2CCOCC2)c2ccccc12)c1cc(F)cc(N2CCOCC2)c1. The lowest BCUT2D eigenvalue weighted by Gasteiger charge is -2.29. The first kappa shape index (κ1) is 26.6. The second-order valence-electron chi connectivity index (χ2n) is 8.56. The van der Waals surface area contributed by atoms with Gasteiger partial charge in [-0.2, -0.15) is 0 Å². The van der Waals surface area contributed by atoms with Crippen molar-refractivity contribution in [3.8, 4) is 0 Å². The topological polar surface area (TPSA) is 66.1 Å². The second kappa shape index (κ2) is 13.2. The van der Waals surface area contributed by atoms with Gasteiger partial charge in [0.05, 0.1) is 26.4 Å². The number of nitrogens with zero attached hydrogens (tertiary/aromatic N) is 2. The van der Waals surface area contributed by atoms with Crippen LogP contribution in [0.5, 0.6) is 0 Å². The van der Waals surface area contributed by atoms with Gasteiger partial charge in [0.15, 0.2) is 0 Å². The Hall–Kier alpha value is -3.46. The molecule has 0 spiro atoms. The number of hydrogen-bond acceptors (Lipinski definition) is 6. The quantitative estimate of drug-likeness (QED) is 0.496. The lowest BCUT2D eigenvalue weighted by Crippen LogP contribution is -2.43. The molecule has 2 aliphatic heterocycles. The molecule has 196 valence electrons. The number of hydrazine groups is 1. The van der Waals surface area contributed by atoms with E-state index < -0.39 is 5.82 Å². The summed E-state index contributed by atoms with van der Waals surface area (Å²) >= 11 is 0. The highest BCUT2D eigenvalue weighted by molar-refractivity contribution is 6.10. The van der Waals surface area contributed by atoms with Crippen LogP contribution in [0.1, 0.15) is 29.8 Å². The Morgan fingerprint density at radius 3 is 2.30 bits per heavy atom. The van der Waals surface area contributed by atoms with Crippen molar-refractivity contribution in [3.05, 3.63) is 77.7 Å². The summed E-state index contributed by atoms with van der Waals surface area (Å²) in [7, 11) is 0. The lowest BCUT2D eigenvalue weighted by atomic mass is 10.0. The third-order valence-electron chi connectivity index (χ3n) is 6.26. The second-order valence-corrected chi connectivity index (χ2v) is 8.56. The molecule has 0 radical (unpaired) electrons. The van der Waals surface area contributed by atoms with E-state index in [1.807, 2.05) is 67.4 Å². The maximum Gasteiger partial charge on any atom is 0.255 e. The van der Waals surface area contributed by atoms with Gasteiger partial charge in [0, 0.05) is 54.7 Å². The van der Waals surface area contributed by atoms with E-state index in [2.05, 4.69) is 15.8 Å². The Balaban J connectivity index is 0.00000156. The molecule has 0 unspecified atom stereocenters. The van der Waals surface area contributed by atoms with Crippen molar-refractivity contribution in [1.82, 2.24) is 10.4 Å². The van der Waals surface area contributed by atoms with E-state index in [-0.39, 0.29) is 11.5 Å². The first-order valence-electron chi connectivity index (χ1n) is 12.9. The number of morpholine rings is 2. The van der Waals surface area contributed by atoms with E-state index in [9.17, 15) is 9.18 Å². The molecule has 37 heavy (non-hydrogen) atoms. The van der Waals surface area contributed by atoms with Gasteiger partial charge < -0.3 is 25.1 Å². The molecule has 0 aliphatic carbocycles. The predicted octanol–water partition coefficient (Wildman–Crippen LogP) is 4.90. The van der Waals surface area contributed by atoms with Crippen LogP contribution in [-0.4, -0.2) is 63.5 Å². The summed E-state index contributed by atoms with van der Waals surface area (Å²) in [6, 6.07) is 16.2. The van der Waals surface area contributed by atoms with Gasteiger partial charge in [-0.25, -0.2) is 9.40 Å². The molecule has 5 rings (SSSR count). The molecule has 7 nitrogen and oxygen atoms in total. The number of fused-ring (bicyclic) bond motifs is 1. The number of anilines is 2. The molecule has 2 fully saturated rings. The van der Waals surface area contributed by atoms with Gasteiger partial charge in [-0.1, -0.05) is 44.2 Å². The first-order valence-corrected chi connectivity index (χ1v) is 12.9. The Labute approximate surface area is 217 Å². The molecular weight excluding hydrogens is 471 g/mol. The molecular formula is C29H35FN4O3. The van der Waals surface area contributed by atoms with E-state index in [4.69, 9.17) is 9.47 Å². The summed E-state index contributed by atoms with van der Waals surface area (Å²) in [5.41, 5.74) is 5.98. The third-order valence-corrected chi connectivity index (χ3v) is 6.26. The molecule has 0 aromatic heterocycles. The van der Waals surface area contributed by atoms with Crippen molar-refractivity contribution < 1.29 is 18.7 Å². The Morgan fingerprint density at radius 1 is 0.892 bits per heavy atom. The minimum Gasteiger partial charge on any atom is -0.379 e. The Kier molecular flexibility index (Phi) is 9.48. The molecule has 0 bridgehead atoms. The summed E-state index contributed by atoms with van der Waals surface area (Å²) in [6.07, 6.45) is 3.94. The average molecular weight is 507 g/mol. The minimum absolute atomic E-state index is 0.286. The summed E-state index contributed by atoms with van der Waals surface area (Å²) in [4.78, 5) is 15.1. The molecule has 2 heterocycles. The number of benzene rings is 3. The standard InChI is InChI=1S/C27H29FN4O3.C2H6/c28-22-17-21(18-23(19-22)31-9-13-34-14-10-31)27(33)30-26-6-5-20(24-3-1-2-4-25(24)26)7-8-29-32-11-15-35-16-12-32;1-2/h1-8,17-19,29H,9-16H2,(H,30,33);1-2H3/b8-7+;. The van der Waals surface area contributed by atoms with Crippen LogP contribution < -0.4 is 15.6 Å². The van der Waals surface area contributed by atoms with Crippen LogP contribution in [0.3, 0.4) is 0 Å². The highest BCUT2D eigenvalue weighted by Crippen LogP contribution is 2.28. The van der Waals surface area contributed by atoms with Gasteiger partial charge in [0.25, 0.3) is 5.91 Å². The van der Waals surface area contributed by atoms with Crippen LogP contribution in [0.15, 0.2) is 60.8 Å². The summed E-state index contributed by atoms with van der Waals surface area (Å²) in [5.74, 6) is -0.779. The highest BCUT2D eigenvalue weighted by Gasteiger charge is 2.16. The largest absolute Gasteiger partial charge is 0.379 e. The number of hydrogen-bond donors (Lipinski definition) is 2. The number of amides is 1. The van der Waals surface area contributed by atoms with E-state index in [1.54, 1.807) is 6.07 Å². The van der Waals surface area contributed by atoms with Crippen LogP contribution >= 0.6 is 0 Å². The van der Waals surface area contributed by atoms with Crippen LogP contribution in [-0.2, 0) is 9.47 Å². The van der Waals surface area contributed by atoms with Gasteiger partial charge in [0.2, 0.25) is 0 Å². The molecule has 2 saturated heterocycles. The number of rotatable bonds is 6. The van der Waals surface area contributed by atoms with Crippen molar-refractivity contribution >= 4 is 34.1 Å². The lowest BCUT2D eigenvalue weighted by molar-refractivity contribution is 0.0212. The Bertz CT molecular complexity index is 1220. The van der Waals surface area contributed by atoms with Crippen molar-refractivity contribution in [2.75, 3.05) is 62.8 Å². The van der Waals surface area contributed by atoms with Gasteiger partial charge in [-0.15, -0.1) is 0 Å². The molecule has 3 aromatic rings. The Morgan fingerprint density at radius 2 is 1.57 bits per heavy atom. The molecule has 2 N–H and O–H groups in total. The average Bonchev–Trinajstić information content (AvgIpc) is 2.96. The van der Waals surface area contributed by atoms with Crippen LogP contribution in [0.2, 0.25) is 0 Å². The van der Waals surface area contributed by atoms with Crippen molar-refractivity contribution in [1.29, 1.82) is 0 Å². The fourth-order valence-electron chi connectivity index (χ4n) is 4.41. The van der Waals surface area contributed by atoms with Gasteiger partial charge >= 0.3 is 0 Å². The third kappa shape index (κ3) is 6.85. The number of nitrogens with one attached hydrogen (secondary N) is 2. The van der Waals surface area contributed by atoms with Crippen molar-refractivity contribution in [2.45, 2.75) is 13.8 Å². The van der Waals surface area contributed by atoms with Crippen LogP contribution in [0.4, 0.5) is 15.8 Å². The van der Waals surface area contributed by atoms with E-state index in [1.165, 1.54) is 12.1 Å². The monoisotopic (exact) mass is 506 g/mol. The maximum atomic E-state index is 14.4. The summed E-state index contributed by atoms with van der Waals surface area (Å²) in [6.45, 7) is 9.64. The first-order chi connectivity index (χ1) is 18.2.